The van der Waals surface area contributed by atoms with E-state index < -0.39 is 10.0 Å². The number of piperidine rings is 1. The van der Waals surface area contributed by atoms with E-state index in [9.17, 15) is 13.2 Å². The average Bonchev–Trinajstić information content (AvgIpc) is 3.03. The molecule has 1 saturated heterocycles. The van der Waals surface area contributed by atoms with Crippen molar-refractivity contribution in [1.29, 1.82) is 0 Å². The summed E-state index contributed by atoms with van der Waals surface area (Å²) in [7, 11) is -1.77. The van der Waals surface area contributed by atoms with Gasteiger partial charge in [0.25, 0.3) is 0 Å². The molecule has 1 aromatic heterocycles. The fraction of sp³-hybridized carbons (Fsp3) is 0.350. The van der Waals surface area contributed by atoms with Crippen molar-refractivity contribution in [3.05, 3.63) is 36.4 Å². The molecule has 154 valence electrons. The van der Waals surface area contributed by atoms with Gasteiger partial charge < -0.3 is 19.4 Å². The van der Waals surface area contributed by atoms with Crippen LogP contribution in [0.15, 0.2) is 40.8 Å². The number of ether oxygens (including phenoxy) is 1. The molecule has 2 N–H and O–H groups in total. The molecule has 0 spiro atoms. The lowest BCUT2D eigenvalue weighted by molar-refractivity contribution is 0.190. The lowest BCUT2D eigenvalue weighted by Gasteiger charge is -2.32. The normalized spacial score (nSPS) is 17.6. The molecular formula is C20H23N3O5S. The first-order valence-electron chi connectivity index (χ1n) is 9.36. The minimum Gasteiger partial charge on any atom is -0.495 e. The molecule has 8 nitrogen and oxygen atoms in total. The number of rotatable bonds is 4. The van der Waals surface area contributed by atoms with E-state index in [0.717, 1.165) is 29.0 Å². The number of furan rings is 1. The zero-order chi connectivity index (χ0) is 20.6. The van der Waals surface area contributed by atoms with Gasteiger partial charge in [-0.05, 0) is 25.0 Å². The van der Waals surface area contributed by atoms with Crippen LogP contribution in [0, 0.1) is 0 Å². The van der Waals surface area contributed by atoms with Gasteiger partial charge in [0.05, 0.1) is 19.1 Å². The van der Waals surface area contributed by atoms with Crippen molar-refractivity contribution in [1.82, 2.24) is 9.62 Å². The second kappa shape index (κ2) is 7.57. The van der Waals surface area contributed by atoms with Gasteiger partial charge in [-0.25, -0.2) is 17.9 Å². The highest BCUT2D eigenvalue weighted by Crippen LogP contribution is 2.36. The van der Waals surface area contributed by atoms with Crippen LogP contribution < -0.4 is 14.8 Å². The summed E-state index contributed by atoms with van der Waals surface area (Å²) in [6.07, 6.45) is 2.55. The van der Waals surface area contributed by atoms with Gasteiger partial charge >= 0.3 is 6.03 Å². The first-order valence-corrected chi connectivity index (χ1v) is 11.3. The number of likely N-dealkylation sites (tertiary alicyclic amines) is 1. The van der Waals surface area contributed by atoms with Gasteiger partial charge in [0, 0.05) is 36.0 Å². The molecule has 0 bridgehead atoms. The van der Waals surface area contributed by atoms with Crippen molar-refractivity contribution in [3.63, 3.8) is 0 Å². The van der Waals surface area contributed by atoms with Crippen LogP contribution >= 0.6 is 0 Å². The number of methoxy groups -OCH3 is 1. The first-order chi connectivity index (χ1) is 13.8. The molecule has 0 radical (unpaired) electrons. The van der Waals surface area contributed by atoms with Crippen LogP contribution in [0.5, 0.6) is 5.75 Å². The van der Waals surface area contributed by atoms with Crippen LogP contribution in [0.4, 0.5) is 10.5 Å². The Morgan fingerprint density at radius 1 is 1.21 bits per heavy atom. The fourth-order valence-electron chi connectivity index (χ4n) is 3.77. The minimum atomic E-state index is -3.32. The van der Waals surface area contributed by atoms with Crippen molar-refractivity contribution in [2.45, 2.75) is 18.9 Å². The quantitative estimate of drug-likeness (QED) is 0.679. The third-order valence-electron chi connectivity index (χ3n) is 5.03. The van der Waals surface area contributed by atoms with E-state index in [-0.39, 0.29) is 12.1 Å². The summed E-state index contributed by atoms with van der Waals surface area (Å²) in [6, 6.07) is 10.7. The van der Waals surface area contributed by atoms with Crippen molar-refractivity contribution in [2.24, 2.45) is 0 Å². The van der Waals surface area contributed by atoms with Crippen molar-refractivity contribution in [2.75, 3.05) is 31.8 Å². The molecule has 1 fully saturated rings. The first kappa shape index (κ1) is 19.5. The Kier molecular flexibility index (Phi) is 5.10. The van der Waals surface area contributed by atoms with Crippen LogP contribution in [0.25, 0.3) is 21.9 Å². The molecule has 2 heterocycles. The van der Waals surface area contributed by atoms with E-state index in [1.54, 1.807) is 18.1 Å². The van der Waals surface area contributed by atoms with Crippen molar-refractivity contribution >= 4 is 43.7 Å². The summed E-state index contributed by atoms with van der Waals surface area (Å²) >= 11 is 0. The van der Waals surface area contributed by atoms with Gasteiger partial charge in [0.1, 0.15) is 16.9 Å². The van der Waals surface area contributed by atoms with Crippen LogP contribution in [0.3, 0.4) is 0 Å². The number of carbonyl (C=O) groups excluding carboxylic acids is 1. The molecule has 9 heteroatoms. The summed E-state index contributed by atoms with van der Waals surface area (Å²) in [4.78, 5) is 14.4. The number of hydrogen-bond acceptors (Lipinski definition) is 5. The number of hydrogen-bond donors (Lipinski definition) is 2. The maximum absolute atomic E-state index is 12.8. The van der Waals surface area contributed by atoms with Gasteiger partial charge in [-0.15, -0.1) is 0 Å². The van der Waals surface area contributed by atoms with E-state index in [4.69, 9.17) is 9.15 Å². The molecule has 1 aliphatic heterocycles. The van der Waals surface area contributed by atoms with E-state index in [2.05, 4.69) is 10.0 Å². The highest BCUT2D eigenvalue weighted by atomic mass is 32.2. The molecule has 1 atom stereocenters. The van der Waals surface area contributed by atoms with E-state index in [1.165, 1.54) is 0 Å². The third kappa shape index (κ3) is 4.15. The standard InChI is InChI=1S/C20H23N3O5S/c1-27-19-10-15-14-7-3-4-8-17(14)28-18(15)11-16(19)21-20(24)23-9-5-6-13(12-23)22-29(2,25)26/h3-4,7-8,10-11,13,22H,5-6,9,12H2,1-2H3,(H,21,24). The number of fused-ring (bicyclic) bond motifs is 3. The van der Waals surface area contributed by atoms with Gasteiger partial charge in [0.15, 0.2) is 0 Å². The number of nitrogens with one attached hydrogen (secondary N) is 2. The predicted molar refractivity (Wildman–Crippen MR) is 112 cm³/mol. The molecule has 2 amide bonds. The maximum Gasteiger partial charge on any atom is 0.322 e. The molecule has 0 saturated carbocycles. The number of amides is 2. The van der Waals surface area contributed by atoms with E-state index in [0.29, 0.717) is 36.5 Å². The number of benzene rings is 2. The molecule has 3 aromatic rings. The average molecular weight is 417 g/mol. The maximum atomic E-state index is 12.8. The summed E-state index contributed by atoms with van der Waals surface area (Å²) in [6.45, 7) is 0.872. The zero-order valence-corrected chi connectivity index (χ0v) is 17.1. The number of para-hydroxylation sites is 1. The monoisotopic (exact) mass is 417 g/mol. The number of carbonyl (C=O) groups is 1. The number of anilines is 1. The Morgan fingerprint density at radius 3 is 2.76 bits per heavy atom. The Labute approximate surface area is 168 Å². The van der Waals surface area contributed by atoms with E-state index in [1.807, 2.05) is 30.3 Å². The van der Waals surface area contributed by atoms with Gasteiger partial charge in [0.2, 0.25) is 10.0 Å². The second-order valence-electron chi connectivity index (χ2n) is 7.25. The molecule has 0 aliphatic carbocycles. The number of nitrogens with zero attached hydrogens (tertiary/aromatic N) is 1. The topological polar surface area (TPSA) is 101 Å². The highest BCUT2D eigenvalue weighted by Gasteiger charge is 2.26. The Balaban J connectivity index is 1.58. The lowest BCUT2D eigenvalue weighted by Crippen LogP contribution is -2.50. The van der Waals surface area contributed by atoms with Gasteiger partial charge in [-0.2, -0.15) is 0 Å². The van der Waals surface area contributed by atoms with Gasteiger partial charge in [-0.1, -0.05) is 18.2 Å². The Morgan fingerprint density at radius 2 is 2.00 bits per heavy atom. The number of sulfonamides is 1. The largest absolute Gasteiger partial charge is 0.495 e. The molecule has 1 unspecified atom stereocenters. The van der Waals surface area contributed by atoms with Crippen LogP contribution in [-0.2, 0) is 10.0 Å². The highest BCUT2D eigenvalue weighted by molar-refractivity contribution is 7.88. The molecule has 29 heavy (non-hydrogen) atoms. The summed E-state index contributed by atoms with van der Waals surface area (Å²) in [5.41, 5.74) is 1.92. The van der Waals surface area contributed by atoms with Crippen LogP contribution in [0.2, 0.25) is 0 Å². The fourth-order valence-corrected chi connectivity index (χ4v) is 4.57. The molecular weight excluding hydrogens is 394 g/mol. The van der Waals surface area contributed by atoms with Gasteiger partial charge in [-0.3, -0.25) is 0 Å². The van der Waals surface area contributed by atoms with Crippen molar-refractivity contribution in [3.8, 4) is 5.75 Å². The summed E-state index contributed by atoms with van der Waals surface area (Å²) in [5, 5.41) is 4.76. The van der Waals surface area contributed by atoms with Crippen molar-refractivity contribution < 1.29 is 22.4 Å². The Hall–Kier alpha value is -2.78. The molecule has 1 aliphatic rings. The predicted octanol–water partition coefficient (Wildman–Crippen LogP) is 3.14. The SMILES string of the molecule is COc1cc2c(cc1NC(=O)N1CCCC(NS(C)(=O)=O)C1)oc1ccccc12. The lowest BCUT2D eigenvalue weighted by atomic mass is 10.1. The minimum absolute atomic E-state index is 0.288. The zero-order valence-electron chi connectivity index (χ0n) is 16.3. The Bertz CT molecular complexity index is 1170. The smallest absolute Gasteiger partial charge is 0.322 e. The number of urea groups is 1. The second-order valence-corrected chi connectivity index (χ2v) is 9.03. The van der Waals surface area contributed by atoms with Crippen LogP contribution in [-0.4, -0.2) is 51.8 Å². The third-order valence-corrected chi connectivity index (χ3v) is 5.79. The summed E-state index contributed by atoms with van der Waals surface area (Å²) in [5.74, 6) is 0.528. The summed E-state index contributed by atoms with van der Waals surface area (Å²) < 4.78 is 36.9. The molecule has 4 rings (SSSR count). The van der Waals surface area contributed by atoms with E-state index >= 15 is 0 Å². The van der Waals surface area contributed by atoms with Crippen LogP contribution in [0.1, 0.15) is 12.8 Å². The molecule has 2 aromatic carbocycles.